The van der Waals surface area contributed by atoms with Gasteiger partial charge in [0.15, 0.2) is 34.9 Å². The molecule has 0 atom stereocenters. The largest absolute Gasteiger partial charge is 0.308 e. The lowest BCUT2D eigenvalue weighted by molar-refractivity contribution is 0.589. The molecule has 0 aliphatic rings. The van der Waals surface area contributed by atoms with Gasteiger partial charge in [-0.25, -0.2) is 38.7 Å². The summed E-state index contributed by atoms with van der Waals surface area (Å²) < 4.78 is 36.9. The van der Waals surface area contributed by atoms with Gasteiger partial charge in [0.2, 0.25) is 0 Å². The Balaban J connectivity index is 1.04. The number of rotatable bonds is 9. The topological polar surface area (TPSA) is 111 Å². The summed E-state index contributed by atoms with van der Waals surface area (Å²) in [5, 5.41) is 15.4. The molecule has 10 aromatic carbocycles. The standard InChI is InChI=1S/C67H39F2N9/c68-53-28-17-29-54(69)61(53)47-38-59(77-55-30-15-13-26-48(55)50-34-32-45(36-57(50)77)66-73-62(41-18-5-1-6-19-41)71-63(74-66)42-20-7-2-8-21-42)52(40-70)60(39-47)78-56-31-16-14-27-49(56)51-35-33-46(37-58(51)78)67-75-64(43-22-9-3-10-23-43)72-65(76-67)44-24-11-4-12-25-44/h1-39H. The van der Waals surface area contributed by atoms with Crippen molar-refractivity contribution in [1.82, 2.24) is 39.0 Å². The summed E-state index contributed by atoms with van der Waals surface area (Å²) in [5.74, 6) is 1.42. The van der Waals surface area contributed by atoms with Crippen molar-refractivity contribution in [3.05, 3.63) is 254 Å². The Morgan fingerprint density at radius 1 is 0.295 bits per heavy atom. The first-order chi connectivity index (χ1) is 38.5. The third kappa shape index (κ3) is 7.83. The van der Waals surface area contributed by atoms with Crippen LogP contribution in [-0.4, -0.2) is 39.0 Å². The van der Waals surface area contributed by atoms with Crippen LogP contribution >= 0.6 is 0 Å². The van der Waals surface area contributed by atoms with E-state index in [2.05, 4.69) is 6.07 Å². The minimum Gasteiger partial charge on any atom is -0.308 e. The maximum Gasteiger partial charge on any atom is 0.164 e. The van der Waals surface area contributed by atoms with Gasteiger partial charge >= 0.3 is 0 Å². The minimum absolute atomic E-state index is 0.230. The first-order valence-corrected chi connectivity index (χ1v) is 25.3. The lowest BCUT2D eigenvalue weighted by Crippen LogP contribution is -2.06. The lowest BCUT2D eigenvalue weighted by Gasteiger charge is -2.19. The zero-order valence-corrected chi connectivity index (χ0v) is 41.3. The van der Waals surface area contributed by atoms with E-state index < -0.39 is 11.6 Å². The fraction of sp³-hybridized carbons (Fsp3) is 0. The molecule has 14 aromatic rings. The predicted octanol–water partition coefficient (Wildman–Crippen LogP) is 16.1. The summed E-state index contributed by atoms with van der Waals surface area (Å²) in [5.41, 5.74) is 8.74. The molecule has 366 valence electrons. The number of hydrogen-bond acceptors (Lipinski definition) is 7. The van der Waals surface area contributed by atoms with Gasteiger partial charge in [0.25, 0.3) is 0 Å². The molecule has 78 heavy (non-hydrogen) atoms. The molecule has 0 radical (unpaired) electrons. The molecule has 11 heteroatoms. The molecule has 0 fully saturated rings. The van der Waals surface area contributed by atoms with Gasteiger partial charge in [-0.05, 0) is 54.1 Å². The van der Waals surface area contributed by atoms with Crippen molar-refractivity contribution >= 4 is 43.6 Å². The first kappa shape index (κ1) is 45.8. The maximum atomic E-state index is 16.4. The Hall–Kier alpha value is -10.8. The average Bonchev–Trinajstić information content (AvgIpc) is 4.24. The van der Waals surface area contributed by atoms with E-state index in [0.717, 1.165) is 54.8 Å². The zero-order chi connectivity index (χ0) is 52.3. The van der Waals surface area contributed by atoms with Crippen LogP contribution < -0.4 is 0 Å². The van der Waals surface area contributed by atoms with Gasteiger partial charge in [0.05, 0.1) is 39.0 Å². The van der Waals surface area contributed by atoms with Crippen molar-refractivity contribution in [2.45, 2.75) is 0 Å². The van der Waals surface area contributed by atoms with Gasteiger partial charge in [-0.2, -0.15) is 5.26 Å². The molecule has 9 nitrogen and oxygen atoms in total. The summed E-state index contributed by atoms with van der Waals surface area (Å²) in [6.07, 6.45) is 0. The average molecular weight is 1010 g/mol. The molecule has 0 bridgehead atoms. The number of hydrogen-bond donors (Lipinski definition) is 0. The number of para-hydroxylation sites is 2. The number of nitrogens with zero attached hydrogens (tertiary/aromatic N) is 9. The molecular formula is C67H39F2N9. The van der Waals surface area contributed by atoms with Crippen LogP contribution in [0.1, 0.15) is 5.56 Å². The Morgan fingerprint density at radius 2 is 0.615 bits per heavy atom. The van der Waals surface area contributed by atoms with Crippen LogP contribution in [0.25, 0.3) is 134 Å². The lowest BCUT2D eigenvalue weighted by atomic mass is 9.99. The highest BCUT2D eigenvalue weighted by molar-refractivity contribution is 6.12. The van der Waals surface area contributed by atoms with E-state index in [9.17, 15) is 5.26 Å². The number of halogens is 2. The highest BCUT2D eigenvalue weighted by Crippen LogP contribution is 2.43. The maximum absolute atomic E-state index is 16.4. The van der Waals surface area contributed by atoms with E-state index in [-0.39, 0.29) is 16.7 Å². The smallest absolute Gasteiger partial charge is 0.164 e. The highest BCUT2D eigenvalue weighted by Gasteiger charge is 2.26. The molecule has 0 spiro atoms. The minimum atomic E-state index is -0.748. The Bertz CT molecular complexity index is 4300. The Kier molecular flexibility index (Phi) is 11.0. The zero-order valence-electron chi connectivity index (χ0n) is 41.3. The third-order valence-electron chi connectivity index (χ3n) is 14.2. The van der Waals surface area contributed by atoms with Crippen molar-refractivity contribution < 1.29 is 8.78 Å². The Morgan fingerprint density at radius 3 is 0.974 bits per heavy atom. The summed E-state index contributed by atoms with van der Waals surface area (Å²) in [6, 6.07) is 77.0. The molecule has 0 saturated heterocycles. The van der Waals surface area contributed by atoms with E-state index in [1.54, 1.807) is 12.1 Å². The molecule has 0 unspecified atom stereocenters. The SMILES string of the molecule is N#Cc1c(-n2c3ccccc3c3ccc(-c4nc(-c5ccccc5)nc(-c5ccccc5)n4)cc32)cc(-c2c(F)cccc2F)cc1-n1c2ccccc2c2ccc(-c3nc(-c4ccccc4)nc(-c4ccccc4)n3)cc21. The van der Waals surface area contributed by atoms with Gasteiger partial charge in [0.1, 0.15) is 23.3 Å². The number of nitriles is 1. The van der Waals surface area contributed by atoms with E-state index in [0.29, 0.717) is 68.5 Å². The van der Waals surface area contributed by atoms with Gasteiger partial charge < -0.3 is 9.13 Å². The summed E-state index contributed by atoms with van der Waals surface area (Å²) >= 11 is 0. The van der Waals surface area contributed by atoms with E-state index in [4.69, 9.17) is 29.9 Å². The predicted molar refractivity (Wildman–Crippen MR) is 305 cm³/mol. The van der Waals surface area contributed by atoms with Gasteiger partial charge in [-0.3, -0.25) is 0 Å². The number of aromatic nitrogens is 8. The second kappa shape index (κ2) is 18.8. The van der Waals surface area contributed by atoms with Crippen LogP contribution in [0.2, 0.25) is 0 Å². The summed E-state index contributed by atoms with van der Waals surface area (Å²) in [7, 11) is 0. The fourth-order valence-corrected chi connectivity index (χ4v) is 10.6. The Labute approximate surface area is 445 Å². The quantitative estimate of drug-likeness (QED) is 0.142. The van der Waals surface area contributed by atoms with Crippen LogP contribution in [0, 0.1) is 23.0 Å². The summed E-state index contributed by atoms with van der Waals surface area (Å²) in [4.78, 5) is 30.1. The van der Waals surface area contributed by atoms with Crippen LogP contribution in [-0.2, 0) is 0 Å². The van der Waals surface area contributed by atoms with Crippen LogP contribution in [0.15, 0.2) is 237 Å². The van der Waals surface area contributed by atoms with E-state index in [1.165, 1.54) is 18.2 Å². The molecular weight excluding hydrogens is 969 g/mol. The van der Waals surface area contributed by atoms with Gasteiger partial charge in [0, 0.05) is 54.9 Å². The highest BCUT2D eigenvalue weighted by atomic mass is 19.1. The van der Waals surface area contributed by atoms with E-state index >= 15 is 8.78 Å². The summed E-state index contributed by atoms with van der Waals surface area (Å²) in [6.45, 7) is 0. The van der Waals surface area contributed by atoms with Crippen molar-refractivity contribution in [3.8, 4) is 96.9 Å². The molecule has 0 aliphatic carbocycles. The monoisotopic (exact) mass is 1010 g/mol. The van der Waals surface area contributed by atoms with Crippen LogP contribution in [0.3, 0.4) is 0 Å². The van der Waals surface area contributed by atoms with Crippen LogP contribution in [0.4, 0.5) is 8.78 Å². The molecule has 14 rings (SSSR count). The normalized spacial score (nSPS) is 11.4. The van der Waals surface area contributed by atoms with Crippen molar-refractivity contribution in [3.63, 3.8) is 0 Å². The van der Waals surface area contributed by atoms with Crippen LogP contribution in [0.5, 0.6) is 0 Å². The molecule has 4 heterocycles. The van der Waals surface area contributed by atoms with Gasteiger partial charge in [-0.15, -0.1) is 0 Å². The first-order valence-electron chi connectivity index (χ1n) is 25.3. The molecule has 4 aromatic heterocycles. The van der Waals surface area contributed by atoms with Crippen molar-refractivity contribution in [1.29, 1.82) is 5.26 Å². The molecule has 0 saturated carbocycles. The molecule has 0 amide bonds. The van der Waals surface area contributed by atoms with E-state index in [1.807, 2.05) is 215 Å². The molecule has 0 N–H and O–H groups in total. The second-order valence-electron chi connectivity index (χ2n) is 18.8. The number of benzene rings is 10. The van der Waals surface area contributed by atoms with Crippen molar-refractivity contribution in [2.75, 3.05) is 0 Å². The fourth-order valence-electron chi connectivity index (χ4n) is 10.6. The third-order valence-corrected chi connectivity index (χ3v) is 14.2. The second-order valence-corrected chi connectivity index (χ2v) is 18.8. The number of fused-ring (bicyclic) bond motifs is 6. The molecule has 0 aliphatic heterocycles. The van der Waals surface area contributed by atoms with Gasteiger partial charge in [-0.1, -0.05) is 188 Å². The van der Waals surface area contributed by atoms with Crippen molar-refractivity contribution in [2.24, 2.45) is 0 Å².